The zero-order chi connectivity index (χ0) is 11.8. The normalized spacial score (nSPS) is 16.1. The molecule has 6 heteroatoms. The van der Waals surface area contributed by atoms with E-state index in [2.05, 4.69) is 5.32 Å². The van der Waals surface area contributed by atoms with Crippen LogP contribution in [0.5, 0.6) is 0 Å². The molecule has 92 valence electrons. The van der Waals surface area contributed by atoms with Crippen molar-refractivity contribution in [2.75, 3.05) is 39.4 Å². The molecule has 0 spiro atoms. The van der Waals surface area contributed by atoms with E-state index in [-0.39, 0.29) is 12.3 Å². The number of aliphatic carboxylic acids is 1. The fourth-order valence-electron chi connectivity index (χ4n) is 1.49. The Labute approximate surface area is 94.6 Å². The number of carbonyl (C=O) groups is 2. The van der Waals surface area contributed by atoms with Crippen molar-refractivity contribution in [3.8, 4) is 0 Å². The fraction of sp³-hybridized carbons (Fsp3) is 0.800. The first kappa shape index (κ1) is 12.9. The van der Waals surface area contributed by atoms with Gasteiger partial charge in [-0.15, -0.1) is 0 Å². The molecule has 0 unspecified atom stereocenters. The van der Waals surface area contributed by atoms with E-state index in [0.29, 0.717) is 45.8 Å². The van der Waals surface area contributed by atoms with E-state index in [1.807, 2.05) is 0 Å². The maximum absolute atomic E-state index is 11.6. The summed E-state index contributed by atoms with van der Waals surface area (Å²) in [6.07, 6.45) is 0.505. The Hall–Kier alpha value is -1.14. The SMILES string of the molecule is O=C(O)CCNCCC(=O)N1CCOCC1. The van der Waals surface area contributed by atoms with Crippen molar-refractivity contribution >= 4 is 11.9 Å². The molecule has 0 aromatic heterocycles. The highest BCUT2D eigenvalue weighted by atomic mass is 16.5. The Balaban J connectivity index is 2.03. The molecule has 1 heterocycles. The number of rotatable bonds is 6. The number of hydrogen-bond acceptors (Lipinski definition) is 4. The lowest BCUT2D eigenvalue weighted by Crippen LogP contribution is -2.41. The number of carboxylic acids is 1. The summed E-state index contributed by atoms with van der Waals surface area (Å²) in [5, 5.41) is 11.3. The number of hydrogen-bond donors (Lipinski definition) is 2. The van der Waals surface area contributed by atoms with Gasteiger partial charge in [-0.2, -0.15) is 0 Å². The largest absolute Gasteiger partial charge is 0.481 e. The molecule has 0 saturated carbocycles. The molecular formula is C10H18N2O4. The van der Waals surface area contributed by atoms with E-state index in [4.69, 9.17) is 9.84 Å². The maximum Gasteiger partial charge on any atom is 0.304 e. The lowest BCUT2D eigenvalue weighted by molar-refractivity contribution is -0.136. The topological polar surface area (TPSA) is 78.9 Å². The minimum atomic E-state index is -0.827. The maximum atomic E-state index is 11.6. The monoisotopic (exact) mass is 230 g/mol. The van der Waals surface area contributed by atoms with Gasteiger partial charge in [0.25, 0.3) is 0 Å². The zero-order valence-corrected chi connectivity index (χ0v) is 9.28. The number of nitrogens with zero attached hydrogens (tertiary/aromatic N) is 1. The number of morpholine rings is 1. The minimum Gasteiger partial charge on any atom is -0.481 e. The first-order valence-corrected chi connectivity index (χ1v) is 5.48. The Morgan fingerprint density at radius 2 is 1.81 bits per heavy atom. The van der Waals surface area contributed by atoms with Crippen molar-refractivity contribution in [2.24, 2.45) is 0 Å². The van der Waals surface area contributed by atoms with Crippen molar-refractivity contribution in [3.05, 3.63) is 0 Å². The number of carboxylic acid groups (broad SMARTS) is 1. The first-order chi connectivity index (χ1) is 7.70. The van der Waals surface area contributed by atoms with E-state index in [0.717, 1.165) is 0 Å². The summed E-state index contributed by atoms with van der Waals surface area (Å²) in [6, 6.07) is 0. The predicted molar refractivity (Wildman–Crippen MR) is 57.1 cm³/mol. The van der Waals surface area contributed by atoms with Gasteiger partial charge in [0.1, 0.15) is 0 Å². The molecule has 6 nitrogen and oxygen atoms in total. The molecule has 1 rings (SSSR count). The molecule has 1 fully saturated rings. The molecule has 0 aromatic rings. The quantitative estimate of drug-likeness (QED) is 0.590. The lowest BCUT2D eigenvalue weighted by atomic mass is 10.3. The van der Waals surface area contributed by atoms with E-state index < -0.39 is 5.97 Å². The van der Waals surface area contributed by atoms with Crippen LogP contribution in [0.1, 0.15) is 12.8 Å². The van der Waals surface area contributed by atoms with Crippen LogP contribution < -0.4 is 5.32 Å². The van der Waals surface area contributed by atoms with Crippen LogP contribution in [0.15, 0.2) is 0 Å². The molecular weight excluding hydrogens is 212 g/mol. The molecule has 0 atom stereocenters. The number of amides is 1. The first-order valence-electron chi connectivity index (χ1n) is 5.48. The highest BCUT2D eigenvalue weighted by molar-refractivity contribution is 5.76. The average molecular weight is 230 g/mol. The number of nitrogens with one attached hydrogen (secondary N) is 1. The molecule has 0 bridgehead atoms. The number of carbonyl (C=O) groups excluding carboxylic acids is 1. The Bertz CT molecular complexity index is 239. The van der Waals surface area contributed by atoms with Crippen molar-refractivity contribution in [2.45, 2.75) is 12.8 Å². The smallest absolute Gasteiger partial charge is 0.304 e. The molecule has 0 aliphatic carbocycles. The second-order valence-corrected chi connectivity index (χ2v) is 3.64. The summed E-state index contributed by atoms with van der Waals surface area (Å²) in [6.45, 7) is 3.48. The Morgan fingerprint density at radius 3 is 2.44 bits per heavy atom. The third kappa shape index (κ3) is 5.09. The van der Waals surface area contributed by atoms with E-state index in [1.54, 1.807) is 4.90 Å². The van der Waals surface area contributed by atoms with Crippen molar-refractivity contribution < 1.29 is 19.4 Å². The zero-order valence-electron chi connectivity index (χ0n) is 9.28. The van der Waals surface area contributed by atoms with Crippen LogP contribution in [0, 0.1) is 0 Å². The minimum absolute atomic E-state index is 0.0890. The van der Waals surface area contributed by atoms with E-state index >= 15 is 0 Å². The van der Waals surface area contributed by atoms with Gasteiger partial charge in [0.2, 0.25) is 5.91 Å². The summed E-state index contributed by atoms with van der Waals surface area (Å²) in [5.74, 6) is -0.724. The molecule has 1 amide bonds. The molecule has 16 heavy (non-hydrogen) atoms. The van der Waals surface area contributed by atoms with Crippen LogP contribution in [-0.4, -0.2) is 61.3 Å². The molecule has 0 radical (unpaired) electrons. The average Bonchev–Trinajstić information content (AvgIpc) is 2.29. The predicted octanol–water partition coefficient (Wildman–Crippen LogP) is -0.700. The van der Waals surface area contributed by atoms with Crippen LogP contribution in [0.25, 0.3) is 0 Å². The third-order valence-corrected chi connectivity index (χ3v) is 2.40. The van der Waals surface area contributed by atoms with Crippen molar-refractivity contribution in [1.29, 1.82) is 0 Å². The highest BCUT2D eigenvalue weighted by Crippen LogP contribution is 1.99. The van der Waals surface area contributed by atoms with Gasteiger partial charge in [-0.1, -0.05) is 0 Å². The van der Waals surface area contributed by atoms with Gasteiger partial charge < -0.3 is 20.1 Å². The van der Waals surface area contributed by atoms with Gasteiger partial charge in [0.15, 0.2) is 0 Å². The van der Waals surface area contributed by atoms with Crippen LogP contribution in [0.4, 0.5) is 0 Å². The molecule has 0 aromatic carbocycles. The van der Waals surface area contributed by atoms with E-state index in [1.165, 1.54) is 0 Å². The second kappa shape index (κ2) is 7.19. The van der Waals surface area contributed by atoms with Gasteiger partial charge in [0, 0.05) is 32.6 Å². The van der Waals surface area contributed by atoms with E-state index in [9.17, 15) is 9.59 Å². The lowest BCUT2D eigenvalue weighted by Gasteiger charge is -2.26. The van der Waals surface area contributed by atoms with Crippen LogP contribution in [-0.2, 0) is 14.3 Å². The molecule has 1 saturated heterocycles. The number of ether oxygens (including phenoxy) is 1. The van der Waals surface area contributed by atoms with Crippen LogP contribution >= 0.6 is 0 Å². The van der Waals surface area contributed by atoms with Gasteiger partial charge in [0.05, 0.1) is 19.6 Å². The second-order valence-electron chi connectivity index (χ2n) is 3.64. The third-order valence-electron chi connectivity index (χ3n) is 2.40. The summed E-state index contributed by atoms with van der Waals surface area (Å²) in [4.78, 5) is 23.6. The molecule has 2 N–H and O–H groups in total. The van der Waals surface area contributed by atoms with Crippen molar-refractivity contribution in [3.63, 3.8) is 0 Å². The van der Waals surface area contributed by atoms with Crippen LogP contribution in [0.3, 0.4) is 0 Å². The fourth-order valence-corrected chi connectivity index (χ4v) is 1.49. The van der Waals surface area contributed by atoms with Crippen molar-refractivity contribution in [1.82, 2.24) is 10.2 Å². The van der Waals surface area contributed by atoms with Gasteiger partial charge in [-0.3, -0.25) is 9.59 Å². The van der Waals surface area contributed by atoms with Gasteiger partial charge >= 0.3 is 5.97 Å². The summed E-state index contributed by atoms with van der Waals surface area (Å²) in [7, 11) is 0. The standard InChI is InChI=1S/C10H18N2O4/c13-9(12-5-7-16-8-6-12)1-3-11-4-2-10(14)15/h11H,1-8H2,(H,14,15). The summed E-state index contributed by atoms with van der Waals surface area (Å²) < 4.78 is 5.14. The van der Waals surface area contributed by atoms with Gasteiger partial charge in [-0.05, 0) is 0 Å². The molecule has 1 aliphatic rings. The Morgan fingerprint density at radius 1 is 1.19 bits per heavy atom. The van der Waals surface area contributed by atoms with Crippen LogP contribution in [0.2, 0.25) is 0 Å². The summed E-state index contributed by atoms with van der Waals surface area (Å²) >= 11 is 0. The highest BCUT2D eigenvalue weighted by Gasteiger charge is 2.15. The molecule has 1 aliphatic heterocycles. The summed E-state index contributed by atoms with van der Waals surface area (Å²) in [5.41, 5.74) is 0. The van der Waals surface area contributed by atoms with Gasteiger partial charge in [-0.25, -0.2) is 0 Å². The Kier molecular flexibility index (Phi) is 5.81.